The number of carbonyl (C=O) groups excluding carboxylic acids is 1. The van der Waals surface area contributed by atoms with Gasteiger partial charge < -0.3 is 9.80 Å². The number of piperidine rings is 1. The molecular weight excluding hydrogens is 250 g/mol. The van der Waals surface area contributed by atoms with Crippen LogP contribution in [-0.4, -0.2) is 52.9 Å². The number of pyridine rings is 1. The Morgan fingerprint density at radius 2 is 1.95 bits per heavy atom. The molecule has 2 fully saturated rings. The van der Waals surface area contributed by atoms with E-state index < -0.39 is 0 Å². The van der Waals surface area contributed by atoms with Crippen LogP contribution in [0.25, 0.3) is 0 Å². The van der Waals surface area contributed by atoms with Gasteiger partial charge in [-0.15, -0.1) is 0 Å². The van der Waals surface area contributed by atoms with Gasteiger partial charge in [-0.05, 0) is 58.3 Å². The zero-order valence-electron chi connectivity index (χ0n) is 12.4. The topological polar surface area (TPSA) is 36.4 Å². The molecule has 108 valence electrons. The maximum absolute atomic E-state index is 12.5. The van der Waals surface area contributed by atoms with Crippen molar-refractivity contribution in [3.8, 4) is 0 Å². The predicted molar refractivity (Wildman–Crippen MR) is 78.7 cm³/mol. The minimum Gasteiger partial charge on any atom is -0.338 e. The van der Waals surface area contributed by atoms with E-state index in [2.05, 4.69) is 16.9 Å². The number of nitrogens with zero attached hydrogens (tertiary/aromatic N) is 3. The molecule has 4 heteroatoms. The zero-order chi connectivity index (χ0) is 14.2. The Morgan fingerprint density at radius 3 is 2.50 bits per heavy atom. The van der Waals surface area contributed by atoms with E-state index in [1.54, 1.807) is 6.20 Å². The van der Waals surface area contributed by atoms with Crippen molar-refractivity contribution in [2.24, 2.45) is 0 Å². The first kappa shape index (κ1) is 13.6. The highest BCUT2D eigenvalue weighted by atomic mass is 16.2. The Labute approximate surface area is 120 Å². The number of carbonyl (C=O) groups is 1. The molecule has 0 unspecified atom stereocenters. The van der Waals surface area contributed by atoms with Crippen molar-refractivity contribution in [1.82, 2.24) is 14.8 Å². The van der Waals surface area contributed by atoms with Gasteiger partial charge in [0.15, 0.2) is 0 Å². The van der Waals surface area contributed by atoms with Crippen LogP contribution in [0.2, 0.25) is 0 Å². The monoisotopic (exact) mass is 273 g/mol. The van der Waals surface area contributed by atoms with E-state index in [-0.39, 0.29) is 5.91 Å². The average Bonchev–Trinajstić information content (AvgIpc) is 2.81. The lowest BCUT2D eigenvalue weighted by Gasteiger charge is -2.43. The molecule has 2 saturated heterocycles. The average molecular weight is 273 g/mol. The van der Waals surface area contributed by atoms with Crippen molar-refractivity contribution < 1.29 is 4.79 Å². The second-order valence-electron chi connectivity index (χ2n) is 6.23. The fourth-order valence-electron chi connectivity index (χ4n) is 3.61. The summed E-state index contributed by atoms with van der Waals surface area (Å²) >= 11 is 0. The number of amides is 1. The summed E-state index contributed by atoms with van der Waals surface area (Å²) in [6.45, 7) is 4.89. The molecule has 0 radical (unpaired) electrons. The number of aryl methyl sites for hydroxylation is 1. The minimum atomic E-state index is 0.132. The van der Waals surface area contributed by atoms with Crippen LogP contribution in [0.15, 0.2) is 18.3 Å². The number of rotatable bonds is 1. The first-order valence-corrected chi connectivity index (χ1v) is 7.54. The first-order valence-electron chi connectivity index (χ1n) is 7.54. The van der Waals surface area contributed by atoms with E-state index in [4.69, 9.17) is 0 Å². The van der Waals surface area contributed by atoms with Crippen LogP contribution in [0.3, 0.4) is 0 Å². The van der Waals surface area contributed by atoms with E-state index in [9.17, 15) is 4.79 Å². The molecule has 1 amide bonds. The highest BCUT2D eigenvalue weighted by molar-refractivity contribution is 5.94. The third-order valence-electron chi connectivity index (χ3n) is 5.09. The van der Waals surface area contributed by atoms with E-state index >= 15 is 0 Å². The molecule has 0 aliphatic carbocycles. The van der Waals surface area contributed by atoms with Gasteiger partial charge in [0.2, 0.25) is 0 Å². The number of likely N-dealkylation sites (tertiary alicyclic amines) is 2. The second-order valence-corrected chi connectivity index (χ2v) is 6.23. The van der Waals surface area contributed by atoms with Crippen LogP contribution in [0, 0.1) is 6.92 Å². The molecule has 20 heavy (non-hydrogen) atoms. The van der Waals surface area contributed by atoms with Gasteiger partial charge in [-0.2, -0.15) is 0 Å². The Hall–Kier alpha value is -1.42. The maximum atomic E-state index is 12.5. The van der Waals surface area contributed by atoms with Crippen LogP contribution in [0.5, 0.6) is 0 Å². The third kappa shape index (κ3) is 2.33. The number of hydrogen-bond acceptors (Lipinski definition) is 3. The highest BCUT2D eigenvalue weighted by Crippen LogP contribution is 2.37. The largest absolute Gasteiger partial charge is 0.338 e. The van der Waals surface area contributed by atoms with Gasteiger partial charge in [0, 0.05) is 30.5 Å². The van der Waals surface area contributed by atoms with E-state index in [1.807, 2.05) is 24.0 Å². The number of aromatic nitrogens is 1. The summed E-state index contributed by atoms with van der Waals surface area (Å²) in [5.41, 5.74) is 2.03. The van der Waals surface area contributed by atoms with Gasteiger partial charge in [-0.25, -0.2) is 0 Å². The van der Waals surface area contributed by atoms with Crippen LogP contribution in [0.1, 0.15) is 41.7 Å². The fraction of sp³-hybridized carbons (Fsp3) is 0.625. The van der Waals surface area contributed by atoms with Gasteiger partial charge in [-0.3, -0.25) is 9.78 Å². The van der Waals surface area contributed by atoms with Crippen molar-refractivity contribution in [2.75, 3.05) is 26.7 Å². The van der Waals surface area contributed by atoms with Gasteiger partial charge in [0.25, 0.3) is 5.91 Å². The van der Waals surface area contributed by atoms with Gasteiger partial charge in [0.05, 0.1) is 5.56 Å². The molecule has 4 nitrogen and oxygen atoms in total. The summed E-state index contributed by atoms with van der Waals surface area (Å²) in [5, 5.41) is 0. The molecule has 0 N–H and O–H groups in total. The van der Waals surface area contributed by atoms with Crippen LogP contribution < -0.4 is 0 Å². The predicted octanol–water partition coefficient (Wildman–Crippen LogP) is 2.09. The van der Waals surface area contributed by atoms with E-state index in [0.717, 1.165) is 31.6 Å². The van der Waals surface area contributed by atoms with E-state index in [0.29, 0.717) is 11.1 Å². The Bertz CT molecular complexity index is 489. The summed E-state index contributed by atoms with van der Waals surface area (Å²) in [4.78, 5) is 21.2. The van der Waals surface area contributed by atoms with Crippen molar-refractivity contribution >= 4 is 5.91 Å². The zero-order valence-corrected chi connectivity index (χ0v) is 12.4. The molecule has 0 bridgehead atoms. The fourth-order valence-corrected chi connectivity index (χ4v) is 3.61. The Balaban J connectivity index is 1.66. The molecule has 0 saturated carbocycles. The molecule has 2 aliphatic rings. The molecular formula is C16H23N3O. The lowest BCUT2D eigenvalue weighted by Crippen LogP contribution is -2.52. The van der Waals surface area contributed by atoms with Gasteiger partial charge in [-0.1, -0.05) is 0 Å². The lowest BCUT2D eigenvalue weighted by molar-refractivity contribution is 0.0492. The quantitative estimate of drug-likeness (QED) is 0.786. The molecule has 0 aromatic carbocycles. The summed E-state index contributed by atoms with van der Waals surface area (Å²) in [7, 11) is 2.23. The Morgan fingerprint density at radius 1 is 1.20 bits per heavy atom. The highest BCUT2D eigenvalue weighted by Gasteiger charge is 2.41. The van der Waals surface area contributed by atoms with Crippen LogP contribution in [0.4, 0.5) is 0 Å². The third-order valence-corrected chi connectivity index (χ3v) is 5.09. The molecule has 1 aromatic rings. The maximum Gasteiger partial charge on any atom is 0.255 e. The summed E-state index contributed by atoms with van der Waals surface area (Å²) in [6.07, 6.45) is 6.50. The molecule has 0 atom stereocenters. The van der Waals surface area contributed by atoms with Crippen molar-refractivity contribution in [3.63, 3.8) is 0 Å². The molecule has 3 rings (SSSR count). The number of hydrogen-bond donors (Lipinski definition) is 0. The van der Waals surface area contributed by atoms with Gasteiger partial charge in [0.1, 0.15) is 0 Å². The minimum absolute atomic E-state index is 0.132. The first-order chi connectivity index (χ1) is 9.61. The van der Waals surface area contributed by atoms with Crippen molar-refractivity contribution in [3.05, 3.63) is 29.6 Å². The normalized spacial score (nSPS) is 22.4. The standard InChI is InChI=1S/C16H23N3O/c1-13-4-5-14(12-17-13)15(20)19-10-7-16(8-11-19)6-3-9-18(16)2/h4-5,12H,3,6-11H2,1-2H3. The molecule has 3 heterocycles. The molecule has 1 aromatic heterocycles. The molecule has 2 aliphatic heterocycles. The molecule has 1 spiro atoms. The van der Waals surface area contributed by atoms with Crippen LogP contribution >= 0.6 is 0 Å². The summed E-state index contributed by atoms with van der Waals surface area (Å²) in [5.74, 6) is 0.132. The Kier molecular flexibility index (Phi) is 3.50. The van der Waals surface area contributed by atoms with Crippen LogP contribution in [-0.2, 0) is 0 Å². The smallest absolute Gasteiger partial charge is 0.255 e. The second kappa shape index (κ2) is 5.17. The SMILES string of the molecule is Cc1ccc(C(=O)N2CCC3(CCCN3C)CC2)cn1. The van der Waals surface area contributed by atoms with Gasteiger partial charge >= 0.3 is 0 Å². The summed E-state index contributed by atoms with van der Waals surface area (Å²) < 4.78 is 0. The van der Waals surface area contributed by atoms with Crippen molar-refractivity contribution in [1.29, 1.82) is 0 Å². The summed E-state index contributed by atoms with van der Waals surface area (Å²) in [6, 6.07) is 3.79. The van der Waals surface area contributed by atoms with Crippen molar-refractivity contribution in [2.45, 2.75) is 38.1 Å². The van der Waals surface area contributed by atoms with E-state index in [1.165, 1.54) is 19.4 Å². The lowest BCUT2D eigenvalue weighted by atomic mass is 9.85.